The molecule has 1 amide bonds. The van der Waals surface area contributed by atoms with Crippen LogP contribution in [0.1, 0.15) is 40.2 Å². The molecule has 2 heterocycles. The predicted octanol–water partition coefficient (Wildman–Crippen LogP) is 4.74. The van der Waals surface area contributed by atoms with Gasteiger partial charge < -0.3 is 10.2 Å². The lowest BCUT2D eigenvalue weighted by molar-refractivity contribution is 0.0945. The fourth-order valence-corrected chi connectivity index (χ4v) is 4.46. The van der Waals surface area contributed by atoms with Crippen molar-refractivity contribution in [3.63, 3.8) is 0 Å². The molecule has 4 rings (SSSR count). The lowest BCUT2D eigenvalue weighted by atomic mass is 9.97. The number of hydrogen-bond donors (Lipinski definition) is 1. The van der Waals surface area contributed by atoms with Crippen LogP contribution in [0.3, 0.4) is 0 Å². The number of halogens is 1. The summed E-state index contributed by atoms with van der Waals surface area (Å²) in [4.78, 5) is 19.3. The van der Waals surface area contributed by atoms with Gasteiger partial charge in [-0.05, 0) is 55.5 Å². The maximum absolute atomic E-state index is 12.3. The number of nitrogens with zero attached hydrogens (tertiary/aromatic N) is 3. The van der Waals surface area contributed by atoms with Crippen molar-refractivity contribution in [3.8, 4) is 0 Å². The minimum atomic E-state index is -0.0426. The van der Waals surface area contributed by atoms with Gasteiger partial charge in [-0.1, -0.05) is 41.4 Å². The largest absolute Gasteiger partial charge is 0.352 e. The first-order chi connectivity index (χ1) is 14.6. The molecule has 0 radical (unpaired) electrons. The maximum atomic E-state index is 12.3. The molecule has 0 bridgehead atoms. The van der Waals surface area contributed by atoms with Crippen molar-refractivity contribution in [3.05, 3.63) is 76.1 Å². The van der Waals surface area contributed by atoms with Crippen LogP contribution in [-0.2, 0) is 6.42 Å². The van der Waals surface area contributed by atoms with E-state index in [0.29, 0.717) is 23.0 Å². The van der Waals surface area contributed by atoms with Crippen molar-refractivity contribution >= 4 is 34.2 Å². The van der Waals surface area contributed by atoms with Crippen LogP contribution in [0.25, 0.3) is 0 Å². The van der Waals surface area contributed by atoms with Crippen LogP contribution < -0.4 is 10.2 Å². The highest BCUT2D eigenvalue weighted by Gasteiger charge is 2.22. The summed E-state index contributed by atoms with van der Waals surface area (Å²) in [6.07, 6.45) is 2.84. The van der Waals surface area contributed by atoms with Crippen LogP contribution in [0, 0.1) is 12.8 Å². The van der Waals surface area contributed by atoms with Crippen molar-refractivity contribution in [1.29, 1.82) is 0 Å². The molecule has 3 aromatic rings. The number of anilines is 1. The Morgan fingerprint density at radius 2 is 1.83 bits per heavy atom. The van der Waals surface area contributed by atoms with Gasteiger partial charge in [0.25, 0.3) is 5.91 Å². The number of piperidine rings is 1. The minimum absolute atomic E-state index is 0.0426. The van der Waals surface area contributed by atoms with Gasteiger partial charge >= 0.3 is 0 Å². The average molecular weight is 441 g/mol. The van der Waals surface area contributed by atoms with Gasteiger partial charge in [0.15, 0.2) is 0 Å². The van der Waals surface area contributed by atoms with E-state index in [1.165, 1.54) is 22.7 Å². The van der Waals surface area contributed by atoms with Crippen LogP contribution in [-0.4, -0.2) is 34.9 Å². The first kappa shape index (κ1) is 20.8. The first-order valence-electron chi connectivity index (χ1n) is 10.2. The summed E-state index contributed by atoms with van der Waals surface area (Å²) >= 11 is 7.36. The lowest BCUT2D eigenvalue weighted by Gasteiger charge is -2.31. The highest BCUT2D eigenvalue weighted by atomic mass is 35.5. The molecule has 30 heavy (non-hydrogen) atoms. The summed E-state index contributed by atoms with van der Waals surface area (Å²) in [5.74, 6) is 1.33. The molecule has 1 aliphatic rings. The topological polar surface area (TPSA) is 58.1 Å². The second kappa shape index (κ2) is 9.58. The van der Waals surface area contributed by atoms with Crippen molar-refractivity contribution < 1.29 is 4.79 Å². The average Bonchev–Trinajstić information content (AvgIpc) is 3.23. The smallest absolute Gasteiger partial charge is 0.251 e. The van der Waals surface area contributed by atoms with Crippen molar-refractivity contribution in [2.24, 2.45) is 5.92 Å². The number of nitrogens with one attached hydrogen (secondary N) is 1. The standard InChI is InChI=1S/C23H25ClN4OS/c1-16-2-4-17(5-3-16)14-21-26-23(30-27-21)28-12-10-18(11-13-28)15-25-22(29)19-6-8-20(24)9-7-19/h2-9,18H,10-15H2,1H3,(H,25,29). The third-order valence-electron chi connectivity index (χ3n) is 5.48. The van der Waals surface area contributed by atoms with E-state index in [9.17, 15) is 4.79 Å². The minimum Gasteiger partial charge on any atom is -0.352 e. The zero-order valence-corrected chi connectivity index (χ0v) is 18.5. The number of aryl methyl sites for hydroxylation is 1. The molecule has 0 atom stereocenters. The van der Waals surface area contributed by atoms with Crippen LogP contribution in [0.4, 0.5) is 5.13 Å². The number of carbonyl (C=O) groups excluding carboxylic acids is 1. The Kier molecular flexibility index (Phi) is 6.65. The second-order valence-electron chi connectivity index (χ2n) is 7.80. The SMILES string of the molecule is Cc1ccc(Cc2nsc(N3CCC(CNC(=O)c4ccc(Cl)cc4)CC3)n2)cc1. The van der Waals surface area contributed by atoms with Crippen molar-refractivity contribution in [2.75, 3.05) is 24.5 Å². The van der Waals surface area contributed by atoms with Gasteiger partial charge in [-0.15, -0.1) is 0 Å². The van der Waals surface area contributed by atoms with Crippen LogP contribution in [0.2, 0.25) is 5.02 Å². The fraction of sp³-hybridized carbons (Fsp3) is 0.348. The summed E-state index contributed by atoms with van der Waals surface area (Å²) in [7, 11) is 0. The monoisotopic (exact) mass is 440 g/mol. The van der Waals surface area contributed by atoms with Gasteiger partial charge in [0, 0.05) is 48.2 Å². The summed E-state index contributed by atoms with van der Waals surface area (Å²) in [6, 6.07) is 15.5. The summed E-state index contributed by atoms with van der Waals surface area (Å²) in [5.41, 5.74) is 3.14. The quantitative estimate of drug-likeness (QED) is 0.601. The molecule has 1 N–H and O–H groups in total. The van der Waals surface area contributed by atoms with E-state index in [1.807, 2.05) is 0 Å². The van der Waals surface area contributed by atoms with Gasteiger partial charge in [0.1, 0.15) is 5.82 Å². The fourth-order valence-electron chi connectivity index (χ4n) is 3.60. The molecular formula is C23H25ClN4OS. The maximum Gasteiger partial charge on any atom is 0.251 e. The normalized spacial score (nSPS) is 14.7. The molecule has 1 saturated heterocycles. The van der Waals surface area contributed by atoms with Gasteiger partial charge in [-0.2, -0.15) is 4.37 Å². The Morgan fingerprint density at radius 1 is 1.13 bits per heavy atom. The van der Waals surface area contributed by atoms with E-state index in [2.05, 4.69) is 45.8 Å². The molecular weight excluding hydrogens is 416 g/mol. The number of hydrogen-bond acceptors (Lipinski definition) is 5. The number of carbonyl (C=O) groups is 1. The van der Waals surface area contributed by atoms with Crippen LogP contribution in [0.5, 0.6) is 0 Å². The van der Waals surface area contributed by atoms with Crippen molar-refractivity contribution in [2.45, 2.75) is 26.2 Å². The van der Waals surface area contributed by atoms with E-state index in [-0.39, 0.29) is 5.91 Å². The molecule has 0 aliphatic carbocycles. The Bertz CT molecular complexity index is 979. The Morgan fingerprint density at radius 3 is 2.53 bits per heavy atom. The van der Waals surface area contributed by atoms with E-state index in [0.717, 1.165) is 43.3 Å². The molecule has 1 aliphatic heterocycles. The van der Waals surface area contributed by atoms with Crippen molar-refractivity contribution in [1.82, 2.24) is 14.7 Å². The molecule has 156 valence electrons. The van der Waals surface area contributed by atoms with Gasteiger partial charge in [0.2, 0.25) is 5.13 Å². The highest BCUT2D eigenvalue weighted by Crippen LogP contribution is 2.25. The molecule has 0 unspecified atom stereocenters. The molecule has 0 saturated carbocycles. The van der Waals surface area contributed by atoms with Gasteiger partial charge in [0.05, 0.1) is 0 Å². The summed E-state index contributed by atoms with van der Waals surface area (Å²) in [5, 5.41) is 4.69. The summed E-state index contributed by atoms with van der Waals surface area (Å²) in [6.45, 7) is 4.68. The predicted molar refractivity (Wildman–Crippen MR) is 123 cm³/mol. The number of benzene rings is 2. The molecule has 0 spiro atoms. The Balaban J connectivity index is 1.24. The molecule has 5 nitrogen and oxygen atoms in total. The highest BCUT2D eigenvalue weighted by molar-refractivity contribution is 7.09. The molecule has 7 heteroatoms. The van der Waals surface area contributed by atoms with Crippen LogP contribution >= 0.6 is 23.1 Å². The first-order valence-corrected chi connectivity index (χ1v) is 11.4. The zero-order chi connectivity index (χ0) is 20.9. The number of rotatable bonds is 6. The zero-order valence-electron chi connectivity index (χ0n) is 17.0. The van der Waals surface area contributed by atoms with Gasteiger partial charge in [-0.25, -0.2) is 4.98 Å². The molecule has 1 fully saturated rings. The van der Waals surface area contributed by atoms with E-state index < -0.39 is 0 Å². The molecule has 1 aromatic heterocycles. The number of aromatic nitrogens is 2. The Labute approximate surface area is 186 Å². The van der Waals surface area contributed by atoms with E-state index >= 15 is 0 Å². The second-order valence-corrected chi connectivity index (χ2v) is 8.97. The third-order valence-corrected chi connectivity index (χ3v) is 6.55. The molecule has 2 aromatic carbocycles. The van der Waals surface area contributed by atoms with E-state index in [1.54, 1.807) is 24.3 Å². The Hall–Kier alpha value is -2.44. The van der Waals surface area contributed by atoms with Gasteiger partial charge in [-0.3, -0.25) is 4.79 Å². The lowest BCUT2D eigenvalue weighted by Crippen LogP contribution is -2.38. The summed E-state index contributed by atoms with van der Waals surface area (Å²) < 4.78 is 4.55. The third kappa shape index (κ3) is 5.37. The van der Waals surface area contributed by atoms with E-state index in [4.69, 9.17) is 16.6 Å². The number of amides is 1. The van der Waals surface area contributed by atoms with Crippen LogP contribution in [0.15, 0.2) is 48.5 Å².